The number of benzene rings is 2. The van der Waals surface area contributed by atoms with Gasteiger partial charge in [-0.15, -0.1) is 11.3 Å². The van der Waals surface area contributed by atoms with Crippen molar-refractivity contribution in [3.63, 3.8) is 0 Å². The molecule has 0 unspecified atom stereocenters. The van der Waals surface area contributed by atoms with Gasteiger partial charge in [-0.2, -0.15) is 10.4 Å². The second-order valence-electron chi connectivity index (χ2n) is 6.19. The number of H-pyrrole nitrogens is 1. The third-order valence-corrected chi connectivity index (χ3v) is 5.08. The highest BCUT2D eigenvalue weighted by Gasteiger charge is 2.16. The molecule has 0 aliphatic heterocycles. The van der Waals surface area contributed by atoms with Gasteiger partial charge in [-0.1, -0.05) is 23.8 Å². The highest BCUT2D eigenvalue weighted by Crippen LogP contribution is 2.23. The number of aromatic amines is 1. The largest absolute Gasteiger partial charge is 0.296 e. The van der Waals surface area contributed by atoms with Gasteiger partial charge >= 0.3 is 0 Å². The molecule has 1 amide bonds. The molecule has 132 valence electrons. The van der Waals surface area contributed by atoms with Gasteiger partial charge in [-0.25, -0.2) is 4.98 Å². The third kappa shape index (κ3) is 3.57. The normalized spacial score (nSPS) is 10.7. The summed E-state index contributed by atoms with van der Waals surface area (Å²) < 4.78 is 0. The number of nitrogens with one attached hydrogen (secondary N) is 2. The lowest BCUT2D eigenvalue weighted by Crippen LogP contribution is -2.12. The molecule has 4 aromatic rings. The van der Waals surface area contributed by atoms with E-state index in [4.69, 9.17) is 5.26 Å². The van der Waals surface area contributed by atoms with Gasteiger partial charge in [0.05, 0.1) is 17.1 Å². The van der Waals surface area contributed by atoms with Crippen molar-refractivity contribution in [2.24, 2.45) is 0 Å². The summed E-state index contributed by atoms with van der Waals surface area (Å²) in [5.74, 6) is -0.286. The molecule has 4 rings (SSSR count). The average Bonchev–Trinajstić information content (AvgIpc) is 3.28. The first-order valence-corrected chi connectivity index (χ1v) is 9.14. The Bertz CT molecular complexity index is 1170. The number of carbonyl (C=O) groups excluding carboxylic acids is 1. The molecule has 6 nitrogen and oxygen atoms in total. The van der Waals surface area contributed by atoms with Crippen LogP contribution in [0.5, 0.6) is 0 Å². The van der Waals surface area contributed by atoms with E-state index in [2.05, 4.69) is 26.6 Å². The molecule has 0 atom stereocenters. The topological polar surface area (TPSA) is 94.5 Å². The van der Waals surface area contributed by atoms with Crippen LogP contribution < -0.4 is 5.32 Å². The lowest BCUT2D eigenvalue weighted by molar-refractivity contribution is 0.102. The van der Waals surface area contributed by atoms with E-state index in [0.29, 0.717) is 22.8 Å². The zero-order valence-electron chi connectivity index (χ0n) is 14.5. The van der Waals surface area contributed by atoms with Crippen molar-refractivity contribution in [1.29, 1.82) is 5.26 Å². The summed E-state index contributed by atoms with van der Waals surface area (Å²) in [6, 6.07) is 15.4. The molecule has 2 heterocycles. The second-order valence-corrected chi connectivity index (χ2v) is 7.31. The molecular weight excluding hydrogens is 358 g/mol. The van der Waals surface area contributed by atoms with E-state index in [1.54, 1.807) is 18.3 Å². The number of thiazole rings is 1. The van der Waals surface area contributed by atoms with Crippen LogP contribution in [0.3, 0.4) is 0 Å². The van der Waals surface area contributed by atoms with Crippen LogP contribution in [0.1, 0.15) is 32.1 Å². The number of nitrogens with zero attached hydrogens (tertiary/aromatic N) is 3. The number of aromatic nitrogens is 3. The molecule has 2 aromatic carbocycles. The molecule has 2 aromatic heterocycles. The predicted molar refractivity (Wildman–Crippen MR) is 105 cm³/mol. The van der Waals surface area contributed by atoms with E-state index < -0.39 is 0 Å². The van der Waals surface area contributed by atoms with Gasteiger partial charge in [0.2, 0.25) is 0 Å². The van der Waals surface area contributed by atoms with Gasteiger partial charge in [0.15, 0.2) is 10.8 Å². The van der Waals surface area contributed by atoms with Gasteiger partial charge < -0.3 is 0 Å². The molecule has 0 aliphatic carbocycles. The summed E-state index contributed by atoms with van der Waals surface area (Å²) in [7, 11) is 0. The number of rotatable bonds is 4. The minimum Gasteiger partial charge on any atom is -0.296 e. The fourth-order valence-electron chi connectivity index (χ4n) is 2.80. The highest BCUT2D eigenvalue weighted by atomic mass is 32.1. The van der Waals surface area contributed by atoms with Crippen molar-refractivity contribution >= 4 is 33.3 Å². The number of hydrogen-bond acceptors (Lipinski definition) is 5. The first-order valence-electron chi connectivity index (χ1n) is 8.32. The number of amides is 1. The number of anilines is 1. The van der Waals surface area contributed by atoms with Crippen LogP contribution in [-0.4, -0.2) is 21.1 Å². The van der Waals surface area contributed by atoms with Crippen LogP contribution in [0.4, 0.5) is 5.13 Å². The van der Waals surface area contributed by atoms with Crippen LogP contribution in [0.25, 0.3) is 10.9 Å². The Morgan fingerprint density at radius 2 is 2.07 bits per heavy atom. The smallest absolute Gasteiger partial charge is 0.278 e. The molecule has 0 bridgehead atoms. The number of fused-ring (bicyclic) bond motifs is 1. The Labute approximate surface area is 159 Å². The summed E-state index contributed by atoms with van der Waals surface area (Å²) in [6.07, 6.45) is 2.45. The van der Waals surface area contributed by atoms with Crippen LogP contribution in [0.2, 0.25) is 0 Å². The van der Waals surface area contributed by atoms with E-state index in [0.717, 1.165) is 26.9 Å². The van der Waals surface area contributed by atoms with E-state index in [1.165, 1.54) is 11.3 Å². The van der Waals surface area contributed by atoms with Crippen molar-refractivity contribution in [3.05, 3.63) is 75.9 Å². The van der Waals surface area contributed by atoms with Crippen LogP contribution in [-0.2, 0) is 6.42 Å². The first-order chi connectivity index (χ1) is 13.1. The van der Waals surface area contributed by atoms with Gasteiger partial charge in [-0.3, -0.25) is 15.2 Å². The minimum absolute atomic E-state index is 0.286. The Morgan fingerprint density at radius 1 is 1.26 bits per heavy atom. The maximum Gasteiger partial charge on any atom is 0.278 e. The molecular formula is C20H15N5OS. The number of carbonyl (C=O) groups is 1. The number of aryl methyl sites for hydroxylation is 1. The predicted octanol–water partition coefficient (Wildman–Crippen LogP) is 4.04. The minimum atomic E-state index is -0.286. The SMILES string of the molecule is Cc1ccc2[nH]nc(C(=O)Nc3ncc(Cc4ccc(C#N)cc4)s3)c2c1. The van der Waals surface area contributed by atoms with Gasteiger partial charge in [0, 0.05) is 22.9 Å². The van der Waals surface area contributed by atoms with E-state index in [1.807, 2.05) is 37.3 Å². The van der Waals surface area contributed by atoms with E-state index in [-0.39, 0.29) is 5.91 Å². The fourth-order valence-corrected chi connectivity index (χ4v) is 3.64. The van der Waals surface area contributed by atoms with Gasteiger partial charge in [-0.05, 0) is 36.8 Å². The van der Waals surface area contributed by atoms with Gasteiger partial charge in [0.1, 0.15) is 0 Å². The first kappa shape index (κ1) is 16.9. The molecule has 0 spiro atoms. The zero-order chi connectivity index (χ0) is 18.8. The Kier molecular flexibility index (Phi) is 4.40. The Hall–Kier alpha value is -3.50. The molecule has 0 saturated heterocycles. The van der Waals surface area contributed by atoms with Crippen LogP contribution in [0.15, 0.2) is 48.7 Å². The molecule has 27 heavy (non-hydrogen) atoms. The van der Waals surface area contributed by atoms with Crippen molar-refractivity contribution in [1.82, 2.24) is 15.2 Å². The number of nitriles is 1. The van der Waals surface area contributed by atoms with Crippen molar-refractivity contribution in [2.45, 2.75) is 13.3 Å². The van der Waals surface area contributed by atoms with E-state index in [9.17, 15) is 4.79 Å². The monoisotopic (exact) mass is 373 g/mol. The maximum absolute atomic E-state index is 12.6. The Balaban J connectivity index is 1.49. The molecule has 0 saturated carbocycles. The summed E-state index contributed by atoms with van der Waals surface area (Å²) in [5.41, 5.74) is 3.97. The molecule has 2 N–H and O–H groups in total. The maximum atomic E-state index is 12.6. The van der Waals surface area contributed by atoms with Crippen molar-refractivity contribution in [2.75, 3.05) is 5.32 Å². The molecule has 0 radical (unpaired) electrons. The molecule has 0 aliphatic rings. The summed E-state index contributed by atoms with van der Waals surface area (Å²) >= 11 is 1.43. The number of hydrogen-bond donors (Lipinski definition) is 2. The van der Waals surface area contributed by atoms with Gasteiger partial charge in [0.25, 0.3) is 5.91 Å². The summed E-state index contributed by atoms with van der Waals surface area (Å²) in [5, 5.41) is 20.0. The zero-order valence-corrected chi connectivity index (χ0v) is 15.3. The second kappa shape index (κ2) is 7.02. The summed E-state index contributed by atoms with van der Waals surface area (Å²) in [4.78, 5) is 17.9. The van der Waals surface area contributed by atoms with Crippen molar-refractivity contribution < 1.29 is 4.79 Å². The average molecular weight is 373 g/mol. The molecule has 0 fully saturated rings. The van der Waals surface area contributed by atoms with Crippen LogP contribution in [0, 0.1) is 18.3 Å². The standard InChI is InChI=1S/C20H15N5OS/c1-12-2-7-17-16(8-12)18(25-24-17)19(26)23-20-22-11-15(27-20)9-13-3-5-14(10-21)6-4-13/h2-8,11H,9H2,1H3,(H,24,25)(H,22,23,26). The highest BCUT2D eigenvalue weighted by molar-refractivity contribution is 7.15. The van der Waals surface area contributed by atoms with Crippen molar-refractivity contribution in [3.8, 4) is 6.07 Å². The lowest BCUT2D eigenvalue weighted by Gasteiger charge is -2.00. The van der Waals surface area contributed by atoms with E-state index >= 15 is 0 Å². The molecule has 7 heteroatoms. The Morgan fingerprint density at radius 3 is 2.85 bits per heavy atom. The fraction of sp³-hybridized carbons (Fsp3) is 0.100. The third-order valence-electron chi connectivity index (χ3n) is 4.17. The summed E-state index contributed by atoms with van der Waals surface area (Å²) in [6.45, 7) is 1.98. The van der Waals surface area contributed by atoms with Crippen LogP contribution >= 0.6 is 11.3 Å². The lowest BCUT2D eigenvalue weighted by atomic mass is 10.1. The quantitative estimate of drug-likeness (QED) is 0.564.